The minimum absolute atomic E-state index is 0.112. The van der Waals surface area contributed by atoms with E-state index in [-0.39, 0.29) is 21.2 Å². The molecular weight excluding hydrogens is 725 g/mol. The fourth-order valence-corrected chi connectivity index (χ4v) is 6.97. The van der Waals surface area contributed by atoms with Gasteiger partial charge in [0.05, 0.1) is 21.0 Å². The molecule has 0 aromatic heterocycles. The molecule has 0 aliphatic heterocycles. The van der Waals surface area contributed by atoms with Gasteiger partial charge in [-0.2, -0.15) is 0 Å². The molecule has 9 nitrogen and oxygen atoms in total. The Morgan fingerprint density at radius 1 is 0.673 bits per heavy atom. The summed E-state index contributed by atoms with van der Waals surface area (Å²) in [5, 5.41) is 10.2. The van der Waals surface area contributed by atoms with Crippen molar-refractivity contribution in [3.8, 4) is 0 Å². The van der Waals surface area contributed by atoms with Gasteiger partial charge in [0.25, 0.3) is 11.8 Å². The first-order valence-corrected chi connectivity index (χ1v) is 16.7. The summed E-state index contributed by atoms with van der Waals surface area (Å²) in [5.74, 6) is -3.82. The second-order valence-electron chi connectivity index (χ2n) is 12.8. The smallest absolute Gasteiger partial charge is 0.315 e. The highest BCUT2D eigenvalue weighted by Crippen LogP contribution is 2.42. The third-order valence-electron chi connectivity index (χ3n) is 9.38. The Hall–Kier alpha value is -5.14. The Balaban J connectivity index is 0.000000202. The normalized spacial score (nSPS) is 18.3. The SMILES string of the molecule is CC1(C(N)=O)CCc2c(C(=O)Nc3ccc(F)c(Cl)c3)ccc(F)c21.CNC(=O)NC1(C)CCc2c(C(=O)Nc3ccc(F)c(Cl)c3)ccc(F)c21. The van der Waals surface area contributed by atoms with Gasteiger partial charge in [-0.1, -0.05) is 23.2 Å². The number of rotatable bonds is 6. The Kier molecular flexibility index (Phi) is 10.9. The molecule has 15 heteroatoms. The Morgan fingerprint density at radius 3 is 1.58 bits per heavy atom. The van der Waals surface area contributed by atoms with E-state index in [1.165, 1.54) is 49.5 Å². The van der Waals surface area contributed by atoms with Crippen LogP contribution in [-0.2, 0) is 28.6 Å². The fourth-order valence-electron chi connectivity index (χ4n) is 6.61. The van der Waals surface area contributed by atoms with Gasteiger partial charge < -0.3 is 27.0 Å². The Labute approximate surface area is 306 Å². The molecule has 2 aliphatic rings. The first-order chi connectivity index (χ1) is 24.5. The van der Waals surface area contributed by atoms with Gasteiger partial charge in [-0.15, -0.1) is 0 Å². The van der Waals surface area contributed by atoms with Gasteiger partial charge in [-0.3, -0.25) is 14.4 Å². The van der Waals surface area contributed by atoms with E-state index in [2.05, 4.69) is 21.3 Å². The molecule has 52 heavy (non-hydrogen) atoms. The number of carbonyl (C=O) groups excluding carboxylic acids is 4. The van der Waals surface area contributed by atoms with Crippen LogP contribution in [0.5, 0.6) is 0 Å². The van der Waals surface area contributed by atoms with Crippen molar-refractivity contribution in [1.29, 1.82) is 0 Å². The molecule has 2 aliphatic carbocycles. The third kappa shape index (κ3) is 7.42. The average molecular weight is 759 g/mol. The molecule has 272 valence electrons. The van der Waals surface area contributed by atoms with Crippen molar-refractivity contribution in [2.45, 2.75) is 50.5 Å². The molecule has 0 bridgehead atoms. The number of nitrogens with one attached hydrogen (secondary N) is 4. The van der Waals surface area contributed by atoms with Gasteiger partial charge in [0, 0.05) is 40.7 Å². The molecule has 2 unspecified atom stereocenters. The summed E-state index contributed by atoms with van der Waals surface area (Å²) >= 11 is 11.4. The zero-order valence-corrected chi connectivity index (χ0v) is 29.6. The van der Waals surface area contributed by atoms with Crippen LogP contribution in [0.25, 0.3) is 0 Å². The maximum Gasteiger partial charge on any atom is 0.315 e. The Morgan fingerprint density at radius 2 is 1.12 bits per heavy atom. The average Bonchev–Trinajstić information content (AvgIpc) is 3.64. The first kappa shape index (κ1) is 38.1. The lowest BCUT2D eigenvalue weighted by Crippen LogP contribution is -2.46. The fraction of sp³-hybridized carbons (Fsp3) is 0.243. The second-order valence-corrected chi connectivity index (χ2v) is 13.6. The van der Waals surface area contributed by atoms with Crippen molar-refractivity contribution < 1.29 is 36.7 Å². The summed E-state index contributed by atoms with van der Waals surface area (Å²) in [4.78, 5) is 48.8. The molecule has 5 amide bonds. The van der Waals surface area contributed by atoms with Gasteiger partial charge in [0.2, 0.25) is 5.91 Å². The predicted molar refractivity (Wildman–Crippen MR) is 190 cm³/mol. The summed E-state index contributed by atoms with van der Waals surface area (Å²) in [6, 6.07) is 12.3. The summed E-state index contributed by atoms with van der Waals surface area (Å²) < 4.78 is 55.4. The molecule has 4 aromatic rings. The highest BCUT2D eigenvalue weighted by atomic mass is 35.5. The Bertz CT molecular complexity index is 2130. The van der Waals surface area contributed by atoms with Crippen LogP contribution in [-0.4, -0.2) is 30.8 Å². The number of benzene rings is 4. The van der Waals surface area contributed by atoms with E-state index in [9.17, 15) is 36.7 Å². The first-order valence-electron chi connectivity index (χ1n) is 16.0. The van der Waals surface area contributed by atoms with Gasteiger partial charge in [0.15, 0.2) is 0 Å². The monoisotopic (exact) mass is 757 g/mol. The molecule has 0 spiro atoms. The molecular formula is C37H33Cl2F4N5O4. The molecule has 0 heterocycles. The van der Waals surface area contributed by atoms with Crippen molar-refractivity contribution in [1.82, 2.24) is 10.6 Å². The third-order valence-corrected chi connectivity index (χ3v) is 9.96. The number of carbonyl (C=O) groups is 4. The minimum Gasteiger partial charge on any atom is -0.369 e. The van der Waals surface area contributed by atoms with Gasteiger partial charge >= 0.3 is 6.03 Å². The van der Waals surface area contributed by atoms with Crippen molar-refractivity contribution in [2.24, 2.45) is 5.73 Å². The van der Waals surface area contributed by atoms with E-state index in [4.69, 9.17) is 28.9 Å². The van der Waals surface area contributed by atoms with E-state index in [1.807, 2.05) is 0 Å². The summed E-state index contributed by atoms with van der Waals surface area (Å²) in [7, 11) is 1.47. The molecule has 0 saturated carbocycles. The minimum atomic E-state index is -1.14. The standard InChI is InChI=1S/C19H18ClF2N3O2.C18H15ClF2N2O2/c1-19(25-18(27)23-2)8-7-11-12(4-6-15(22)16(11)19)17(26)24-10-3-5-14(21)13(20)9-10;1-18(17(22)25)7-6-10-11(3-5-14(21)15(10)18)16(24)23-9-2-4-13(20)12(19)8-9/h3-6,9H,7-8H2,1-2H3,(H,24,26)(H2,23,25,27);2-5,8H,6-7H2,1H3,(H2,22,25)(H,23,24). The van der Waals surface area contributed by atoms with Gasteiger partial charge in [-0.05, 0) is 111 Å². The zero-order valence-electron chi connectivity index (χ0n) is 28.1. The quantitative estimate of drug-likeness (QED) is 0.130. The van der Waals surface area contributed by atoms with Gasteiger partial charge in [-0.25, -0.2) is 22.4 Å². The van der Waals surface area contributed by atoms with Crippen LogP contribution in [0.3, 0.4) is 0 Å². The lowest BCUT2D eigenvalue weighted by molar-refractivity contribution is -0.123. The van der Waals surface area contributed by atoms with E-state index < -0.39 is 58.0 Å². The summed E-state index contributed by atoms with van der Waals surface area (Å²) in [6.45, 7) is 3.30. The number of fused-ring (bicyclic) bond motifs is 2. The number of primary amides is 1. The van der Waals surface area contributed by atoms with E-state index in [0.29, 0.717) is 59.3 Å². The largest absolute Gasteiger partial charge is 0.369 e. The van der Waals surface area contributed by atoms with Gasteiger partial charge in [0.1, 0.15) is 23.3 Å². The molecule has 6 rings (SSSR count). The highest BCUT2D eigenvalue weighted by molar-refractivity contribution is 6.31. The lowest BCUT2D eigenvalue weighted by Gasteiger charge is -2.27. The number of hydrogen-bond donors (Lipinski definition) is 5. The molecule has 0 saturated heterocycles. The highest BCUT2D eigenvalue weighted by Gasteiger charge is 2.44. The van der Waals surface area contributed by atoms with Crippen LogP contribution in [0.1, 0.15) is 69.7 Å². The number of anilines is 2. The molecule has 6 N–H and O–H groups in total. The van der Waals surface area contributed by atoms with E-state index in [0.717, 1.165) is 18.2 Å². The van der Waals surface area contributed by atoms with Crippen LogP contribution in [0.2, 0.25) is 10.0 Å². The molecule has 0 radical (unpaired) electrons. The van der Waals surface area contributed by atoms with Crippen molar-refractivity contribution in [3.05, 3.63) is 127 Å². The van der Waals surface area contributed by atoms with E-state index >= 15 is 0 Å². The summed E-state index contributed by atoms with van der Waals surface area (Å²) in [6.07, 6.45) is 1.58. The number of amides is 5. The maximum atomic E-state index is 14.5. The zero-order chi connectivity index (χ0) is 38.1. The maximum absolute atomic E-state index is 14.5. The van der Waals surface area contributed by atoms with E-state index in [1.54, 1.807) is 13.8 Å². The van der Waals surface area contributed by atoms with Crippen LogP contribution in [0.15, 0.2) is 60.7 Å². The second kappa shape index (κ2) is 14.8. The van der Waals surface area contributed by atoms with Crippen LogP contribution in [0.4, 0.5) is 33.7 Å². The predicted octanol–water partition coefficient (Wildman–Crippen LogP) is 7.52. The molecule has 0 fully saturated rings. The number of halogens is 6. The summed E-state index contributed by atoms with van der Waals surface area (Å²) in [5.41, 5.74) is 6.04. The number of urea groups is 1. The lowest BCUT2D eigenvalue weighted by atomic mass is 9.82. The van der Waals surface area contributed by atoms with Crippen LogP contribution < -0.4 is 27.0 Å². The number of hydrogen-bond acceptors (Lipinski definition) is 4. The van der Waals surface area contributed by atoms with Crippen LogP contribution in [0, 0.1) is 23.3 Å². The molecule has 4 aromatic carbocycles. The van der Waals surface area contributed by atoms with Crippen molar-refractivity contribution in [3.63, 3.8) is 0 Å². The van der Waals surface area contributed by atoms with Crippen molar-refractivity contribution in [2.75, 3.05) is 17.7 Å². The topological polar surface area (TPSA) is 142 Å². The number of nitrogens with two attached hydrogens (primary N) is 1. The van der Waals surface area contributed by atoms with Crippen LogP contribution >= 0.6 is 23.2 Å². The molecule has 2 atom stereocenters. The van der Waals surface area contributed by atoms with Crippen molar-refractivity contribution >= 4 is 58.3 Å².